The van der Waals surface area contributed by atoms with Crippen LogP contribution in [-0.2, 0) is 14.3 Å². The number of carbonyl (C=O) groups is 2. The molecule has 2 atom stereocenters. The van der Waals surface area contributed by atoms with Gasteiger partial charge in [-0.3, -0.25) is 9.59 Å². The fraction of sp³-hybridized carbons (Fsp3) is 0.889. The summed E-state index contributed by atoms with van der Waals surface area (Å²) in [7, 11) is 1.64. The molecule has 138 valence electrons. The van der Waals surface area contributed by atoms with Gasteiger partial charge in [-0.25, -0.2) is 0 Å². The third-order valence-corrected chi connectivity index (χ3v) is 6.80. The van der Waals surface area contributed by atoms with Crippen LogP contribution in [-0.4, -0.2) is 50.3 Å². The lowest BCUT2D eigenvalue weighted by Crippen LogP contribution is -2.52. The highest BCUT2D eigenvalue weighted by molar-refractivity contribution is 5.87. The van der Waals surface area contributed by atoms with E-state index in [1.807, 2.05) is 20.8 Å². The summed E-state index contributed by atoms with van der Waals surface area (Å²) in [5, 5.41) is 15.6. The van der Waals surface area contributed by atoms with Gasteiger partial charge >= 0.3 is 0 Å². The van der Waals surface area contributed by atoms with Crippen LogP contribution in [0.2, 0.25) is 0 Å². The maximum absolute atomic E-state index is 13.0. The minimum absolute atomic E-state index is 0.00721. The zero-order valence-electron chi connectivity index (χ0n) is 15.4. The van der Waals surface area contributed by atoms with Crippen LogP contribution in [0.1, 0.15) is 46.5 Å². The SMILES string of the molecule is CNC(=O)[C@H]1CC[C@@](C)(C(=O)NCC2(CO)CCOCC2)C1(C)C. The van der Waals surface area contributed by atoms with E-state index in [1.165, 1.54) is 0 Å². The van der Waals surface area contributed by atoms with Gasteiger partial charge in [0.1, 0.15) is 0 Å². The lowest BCUT2D eigenvalue weighted by molar-refractivity contribution is -0.139. The molecule has 0 aromatic heterocycles. The standard InChI is InChI=1S/C18H32N2O4/c1-16(2)13(14(22)19-4)5-6-17(16,3)15(23)20-11-18(12-21)7-9-24-10-8-18/h13,21H,5-12H2,1-4H3,(H,19,22)(H,20,23)/t13-,17+/m1/s1. The molecule has 6 nitrogen and oxygen atoms in total. The van der Waals surface area contributed by atoms with E-state index in [2.05, 4.69) is 10.6 Å². The van der Waals surface area contributed by atoms with Gasteiger partial charge < -0.3 is 20.5 Å². The number of carbonyl (C=O) groups excluding carboxylic acids is 2. The fourth-order valence-corrected chi connectivity index (χ4v) is 4.20. The van der Waals surface area contributed by atoms with Crippen LogP contribution < -0.4 is 10.6 Å². The first-order chi connectivity index (χ1) is 11.2. The van der Waals surface area contributed by atoms with Gasteiger partial charge in [-0.1, -0.05) is 20.8 Å². The summed E-state index contributed by atoms with van der Waals surface area (Å²) in [6.07, 6.45) is 2.92. The quantitative estimate of drug-likeness (QED) is 0.699. The Morgan fingerprint density at radius 3 is 2.33 bits per heavy atom. The number of rotatable bonds is 5. The second kappa shape index (κ2) is 7.00. The molecule has 1 aliphatic heterocycles. The van der Waals surface area contributed by atoms with Crippen LogP contribution in [0.25, 0.3) is 0 Å². The molecule has 0 unspecified atom stereocenters. The van der Waals surface area contributed by atoms with Crippen molar-refractivity contribution in [1.82, 2.24) is 10.6 Å². The van der Waals surface area contributed by atoms with E-state index in [4.69, 9.17) is 4.74 Å². The summed E-state index contributed by atoms with van der Waals surface area (Å²) < 4.78 is 5.37. The van der Waals surface area contributed by atoms with Crippen LogP contribution in [0, 0.1) is 22.2 Å². The van der Waals surface area contributed by atoms with Gasteiger partial charge in [-0.05, 0) is 31.1 Å². The van der Waals surface area contributed by atoms with Crippen molar-refractivity contribution in [3.8, 4) is 0 Å². The first-order valence-corrected chi connectivity index (χ1v) is 8.91. The fourth-order valence-electron chi connectivity index (χ4n) is 4.20. The maximum atomic E-state index is 13.0. The lowest BCUT2D eigenvalue weighted by Gasteiger charge is -2.41. The van der Waals surface area contributed by atoms with E-state index >= 15 is 0 Å². The van der Waals surface area contributed by atoms with E-state index in [0.717, 1.165) is 19.3 Å². The van der Waals surface area contributed by atoms with Crippen molar-refractivity contribution < 1.29 is 19.4 Å². The van der Waals surface area contributed by atoms with Crippen molar-refractivity contribution in [3.63, 3.8) is 0 Å². The van der Waals surface area contributed by atoms with E-state index in [9.17, 15) is 14.7 Å². The summed E-state index contributed by atoms with van der Waals surface area (Å²) in [4.78, 5) is 25.1. The number of aliphatic hydroxyl groups is 1. The minimum atomic E-state index is -0.591. The molecule has 1 aliphatic carbocycles. The molecule has 1 saturated carbocycles. The van der Waals surface area contributed by atoms with Gasteiger partial charge in [0.05, 0.1) is 12.0 Å². The lowest BCUT2D eigenvalue weighted by atomic mass is 9.65. The Morgan fingerprint density at radius 1 is 1.17 bits per heavy atom. The molecular weight excluding hydrogens is 308 g/mol. The average molecular weight is 340 g/mol. The predicted molar refractivity (Wildman–Crippen MR) is 91.3 cm³/mol. The topological polar surface area (TPSA) is 87.7 Å². The molecule has 0 aromatic rings. The molecule has 0 aromatic carbocycles. The molecule has 3 N–H and O–H groups in total. The van der Waals surface area contributed by atoms with Crippen molar-refractivity contribution in [3.05, 3.63) is 0 Å². The molecule has 0 bridgehead atoms. The Kier molecular flexibility index (Phi) is 5.60. The molecule has 2 aliphatic rings. The molecule has 0 radical (unpaired) electrons. The zero-order chi connectivity index (χ0) is 18.0. The highest BCUT2D eigenvalue weighted by Crippen LogP contribution is 2.56. The van der Waals surface area contributed by atoms with Crippen molar-refractivity contribution >= 4 is 11.8 Å². The largest absolute Gasteiger partial charge is 0.396 e. The van der Waals surface area contributed by atoms with Crippen molar-refractivity contribution in [2.24, 2.45) is 22.2 Å². The number of aliphatic hydroxyl groups excluding tert-OH is 1. The molecule has 2 rings (SSSR count). The first kappa shape index (κ1) is 19.2. The van der Waals surface area contributed by atoms with Crippen LogP contribution in [0.5, 0.6) is 0 Å². The summed E-state index contributed by atoms with van der Waals surface area (Å²) in [6.45, 7) is 7.74. The van der Waals surface area contributed by atoms with E-state index in [0.29, 0.717) is 26.2 Å². The molecular formula is C18H32N2O4. The van der Waals surface area contributed by atoms with Crippen LogP contribution in [0.3, 0.4) is 0 Å². The zero-order valence-corrected chi connectivity index (χ0v) is 15.4. The van der Waals surface area contributed by atoms with Gasteiger partial charge in [-0.2, -0.15) is 0 Å². The van der Waals surface area contributed by atoms with Crippen molar-refractivity contribution in [2.75, 3.05) is 33.4 Å². The number of hydrogen-bond donors (Lipinski definition) is 3. The van der Waals surface area contributed by atoms with Gasteiger partial charge in [0.2, 0.25) is 11.8 Å². The molecule has 2 amide bonds. The summed E-state index contributed by atoms with van der Waals surface area (Å²) in [6, 6.07) is 0. The summed E-state index contributed by atoms with van der Waals surface area (Å²) in [5.41, 5.74) is -1.29. The van der Waals surface area contributed by atoms with Gasteiger partial charge in [0, 0.05) is 38.1 Å². The van der Waals surface area contributed by atoms with E-state index in [1.54, 1.807) is 7.05 Å². The normalized spacial score (nSPS) is 31.5. The second-order valence-corrected chi connectivity index (χ2v) is 8.21. The van der Waals surface area contributed by atoms with Gasteiger partial charge in [-0.15, -0.1) is 0 Å². The Hall–Kier alpha value is -1.14. The molecule has 0 spiro atoms. The number of amides is 2. The number of hydrogen-bond acceptors (Lipinski definition) is 4. The van der Waals surface area contributed by atoms with Gasteiger partial charge in [0.15, 0.2) is 0 Å². The first-order valence-electron chi connectivity index (χ1n) is 8.91. The summed E-state index contributed by atoms with van der Waals surface area (Å²) in [5.74, 6) is -0.167. The highest BCUT2D eigenvalue weighted by Gasteiger charge is 2.57. The Labute approximate surface area is 144 Å². The van der Waals surface area contributed by atoms with Crippen molar-refractivity contribution in [2.45, 2.75) is 46.5 Å². The van der Waals surface area contributed by atoms with Crippen LogP contribution >= 0.6 is 0 Å². The smallest absolute Gasteiger partial charge is 0.226 e. The van der Waals surface area contributed by atoms with E-state index in [-0.39, 0.29) is 29.8 Å². The average Bonchev–Trinajstić information content (AvgIpc) is 2.83. The Morgan fingerprint density at radius 2 is 1.79 bits per heavy atom. The third kappa shape index (κ3) is 3.18. The second-order valence-electron chi connectivity index (χ2n) is 8.21. The van der Waals surface area contributed by atoms with Crippen LogP contribution in [0.4, 0.5) is 0 Å². The number of ether oxygens (including phenoxy) is 1. The third-order valence-electron chi connectivity index (χ3n) is 6.80. The van der Waals surface area contributed by atoms with Crippen molar-refractivity contribution in [1.29, 1.82) is 0 Å². The van der Waals surface area contributed by atoms with Crippen LogP contribution in [0.15, 0.2) is 0 Å². The highest BCUT2D eigenvalue weighted by atomic mass is 16.5. The number of nitrogens with one attached hydrogen (secondary N) is 2. The monoisotopic (exact) mass is 340 g/mol. The minimum Gasteiger partial charge on any atom is -0.396 e. The molecule has 2 fully saturated rings. The summed E-state index contributed by atoms with van der Waals surface area (Å²) >= 11 is 0. The molecule has 24 heavy (non-hydrogen) atoms. The van der Waals surface area contributed by atoms with E-state index < -0.39 is 10.8 Å². The Bertz CT molecular complexity index is 485. The van der Waals surface area contributed by atoms with Gasteiger partial charge in [0.25, 0.3) is 0 Å². The molecule has 1 heterocycles. The molecule has 6 heteroatoms. The maximum Gasteiger partial charge on any atom is 0.226 e. The predicted octanol–water partition coefficient (Wildman–Crippen LogP) is 1.08. The Balaban J connectivity index is 2.07. The molecule has 1 saturated heterocycles.